The van der Waals surface area contributed by atoms with Crippen LogP contribution in [0.3, 0.4) is 0 Å². The van der Waals surface area contributed by atoms with Crippen LogP contribution < -0.4 is 10.2 Å². The third kappa shape index (κ3) is 3.36. The van der Waals surface area contributed by atoms with Crippen LogP contribution >= 0.6 is 0 Å². The van der Waals surface area contributed by atoms with Gasteiger partial charge in [0.15, 0.2) is 0 Å². The molecule has 3 aromatic carbocycles. The van der Waals surface area contributed by atoms with Gasteiger partial charge in [-0.25, -0.2) is 0 Å². The summed E-state index contributed by atoms with van der Waals surface area (Å²) in [5, 5.41) is 0.558. The molecule has 0 aliphatic rings. The normalized spacial score (nSPS) is 10.9. The van der Waals surface area contributed by atoms with Gasteiger partial charge >= 0.3 is 0 Å². The van der Waals surface area contributed by atoms with Crippen LogP contribution in [0.25, 0.3) is 22.1 Å². The lowest BCUT2D eigenvalue weighted by Crippen LogP contribution is -2.07. The molecule has 1 heterocycles. The third-order valence-corrected chi connectivity index (χ3v) is 4.76. The summed E-state index contributed by atoms with van der Waals surface area (Å²) in [6, 6.07) is 23.1. The van der Waals surface area contributed by atoms with E-state index in [-0.39, 0.29) is 5.43 Å². The summed E-state index contributed by atoms with van der Waals surface area (Å²) < 4.78 is 11.9. The van der Waals surface area contributed by atoms with Gasteiger partial charge in [0, 0.05) is 6.07 Å². The summed E-state index contributed by atoms with van der Waals surface area (Å²) in [5.41, 5.74) is 4.31. The minimum Gasteiger partial charge on any atom is -0.489 e. The molecule has 0 aliphatic carbocycles. The quantitative estimate of drug-likeness (QED) is 0.474. The van der Waals surface area contributed by atoms with Gasteiger partial charge in [0.25, 0.3) is 0 Å². The van der Waals surface area contributed by atoms with Crippen molar-refractivity contribution in [3.8, 4) is 16.9 Å². The summed E-state index contributed by atoms with van der Waals surface area (Å²) in [6.07, 6.45) is 0. The van der Waals surface area contributed by atoms with Gasteiger partial charge in [-0.05, 0) is 42.7 Å². The molecule has 0 spiro atoms. The van der Waals surface area contributed by atoms with Crippen molar-refractivity contribution in [3.05, 3.63) is 99.9 Å². The molecule has 0 radical (unpaired) electrons. The Morgan fingerprint density at radius 2 is 1.63 bits per heavy atom. The highest BCUT2D eigenvalue weighted by Crippen LogP contribution is 2.26. The Labute approximate surface area is 157 Å². The molecule has 0 saturated heterocycles. The Morgan fingerprint density at radius 1 is 0.889 bits per heavy atom. The van der Waals surface area contributed by atoms with Gasteiger partial charge in [0.1, 0.15) is 23.7 Å². The minimum absolute atomic E-state index is 0.0228. The zero-order valence-corrected chi connectivity index (χ0v) is 15.4. The van der Waals surface area contributed by atoms with Crippen molar-refractivity contribution in [1.82, 2.24) is 0 Å². The molecule has 0 amide bonds. The second kappa shape index (κ2) is 7.12. The van der Waals surface area contributed by atoms with E-state index in [4.69, 9.17) is 9.15 Å². The van der Waals surface area contributed by atoms with Gasteiger partial charge in [0.2, 0.25) is 5.43 Å². The van der Waals surface area contributed by atoms with E-state index < -0.39 is 0 Å². The highest BCUT2D eigenvalue weighted by Gasteiger charge is 2.14. The molecule has 0 aliphatic heterocycles. The van der Waals surface area contributed by atoms with E-state index in [2.05, 4.69) is 13.0 Å². The average Bonchev–Trinajstić information content (AvgIpc) is 2.68. The molecule has 3 heteroatoms. The first-order valence-electron chi connectivity index (χ1n) is 8.93. The van der Waals surface area contributed by atoms with Gasteiger partial charge in [-0.1, -0.05) is 54.6 Å². The summed E-state index contributed by atoms with van der Waals surface area (Å²) in [6.45, 7) is 4.36. The van der Waals surface area contributed by atoms with E-state index in [1.807, 2.05) is 61.5 Å². The molecule has 0 bridgehead atoms. The predicted octanol–water partition coefficient (Wildman–Crippen LogP) is 5.66. The lowest BCUT2D eigenvalue weighted by molar-refractivity contribution is 0.305. The second-order valence-electron chi connectivity index (χ2n) is 6.60. The fourth-order valence-electron chi connectivity index (χ4n) is 3.25. The Morgan fingerprint density at radius 3 is 2.41 bits per heavy atom. The topological polar surface area (TPSA) is 39.4 Å². The number of hydrogen-bond acceptors (Lipinski definition) is 3. The van der Waals surface area contributed by atoms with E-state index in [1.165, 1.54) is 5.56 Å². The molecule has 0 saturated carbocycles. The van der Waals surface area contributed by atoms with Crippen molar-refractivity contribution < 1.29 is 9.15 Å². The largest absolute Gasteiger partial charge is 0.489 e. The first-order valence-corrected chi connectivity index (χ1v) is 8.93. The molecular weight excluding hydrogens is 336 g/mol. The van der Waals surface area contributed by atoms with Crippen LogP contribution in [0.15, 0.2) is 82.0 Å². The molecule has 0 N–H and O–H groups in total. The molecule has 0 atom stereocenters. The van der Waals surface area contributed by atoms with Crippen LogP contribution in [-0.4, -0.2) is 0 Å². The van der Waals surface area contributed by atoms with E-state index in [9.17, 15) is 4.79 Å². The van der Waals surface area contributed by atoms with Crippen molar-refractivity contribution >= 4 is 11.0 Å². The fourth-order valence-corrected chi connectivity index (χ4v) is 3.25. The van der Waals surface area contributed by atoms with Crippen LogP contribution in [0.4, 0.5) is 0 Å². The lowest BCUT2D eigenvalue weighted by atomic mass is 10.0. The predicted molar refractivity (Wildman–Crippen MR) is 108 cm³/mol. The summed E-state index contributed by atoms with van der Waals surface area (Å²) in [7, 11) is 0. The van der Waals surface area contributed by atoms with Crippen molar-refractivity contribution in [1.29, 1.82) is 0 Å². The van der Waals surface area contributed by atoms with E-state index in [0.29, 0.717) is 34.6 Å². The van der Waals surface area contributed by atoms with Crippen LogP contribution in [0.2, 0.25) is 0 Å². The van der Waals surface area contributed by atoms with Crippen molar-refractivity contribution in [2.24, 2.45) is 0 Å². The highest BCUT2D eigenvalue weighted by molar-refractivity contribution is 5.83. The van der Waals surface area contributed by atoms with Gasteiger partial charge in [-0.15, -0.1) is 0 Å². The summed E-state index contributed by atoms with van der Waals surface area (Å²) >= 11 is 0. The zero-order chi connectivity index (χ0) is 18.8. The van der Waals surface area contributed by atoms with Crippen molar-refractivity contribution in [2.75, 3.05) is 0 Å². The molecule has 4 aromatic rings. The van der Waals surface area contributed by atoms with E-state index >= 15 is 0 Å². The number of fused-ring (bicyclic) bond motifs is 1. The van der Waals surface area contributed by atoms with Crippen molar-refractivity contribution in [2.45, 2.75) is 20.5 Å². The highest BCUT2D eigenvalue weighted by atomic mass is 16.5. The van der Waals surface area contributed by atoms with Gasteiger partial charge in [0.05, 0.1) is 10.9 Å². The van der Waals surface area contributed by atoms with Crippen LogP contribution in [0, 0.1) is 13.8 Å². The van der Waals surface area contributed by atoms with Crippen LogP contribution in [0.5, 0.6) is 5.75 Å². The maximum atomic E-state index is 13.0. The Kier molecular flexibility index (Phi) is 4.51. The van der Waals surface area contributed by atoms with E-state index in [0.717, 1.165) is 11.1 Å². The molecule has 0 fully saturated rings. The number of ether oxygens (including phenoxy) is 1. The second-order valence-corrected chi connectivity index (χ2v) is 6.60. The van der Waals surface area contributed by atoms with Gasteiger partial charge in [-0.3, -0.25) is 4.79 Å². The van der Waals surface area contributed by atoms with Crippen molar-refractivity contribution in [3.63, 3.8) is 0 Å². The monoisotopic (exact) mass is 356 g/mol. The molecule has 1 aromatic heterocycles. The maximum absolute atomic E-state index is 13.0. The van der Waals surface area contributed by atoms with Crippen LogP contribution in [0.1, 0.15) is 16.9 Å². The lowest BCUT2D eigenvalue weighted by Gasteiger charge is -2.10. The smallest absolute Gasteiger partial charge is 0.200 e. The van der Waals surface area contributed by atoms with Crippen LogP contribution in [-0.2, 0) is 6.61 Å². The first-order chi connectivity index (χ1) is 13.1. The van der Waals surface area contributed by atoms with Gasteiger partial charge < -0.3 is 9.15 Å². The van der Waals surface area contributed by atoms with E-state index in [1.54, 1.807) is 12.1 Å². The molecule has 134 valence electrons. The number of hydrogen-bond donors (Lipinski definition) is 0. The number of benzene rings is 3. The summed E-state index contributed by atoms with van der Waals surface area (Å²) in [4.78, 5) is 13.0. The SMILES string of the molecule is Cc1ccccc1COc1ccc2c(=O)c(-c3ccccc3)c(C)oc2c1. The molecule has 4 rings (SSSR count). The third-order valence-electron chi connectivity index (χ3n) is 4.76. The molecule has 0 unspecified atom stereocenters. The first kappa shape index (κ1) is 17.1. The minimum atomic E-state index is -0.0228. The summed E-state index contributed by atoms with van der Waals surface area (Å²) in [5.74, 6) is 1.29. The standard InChI is InChI=1S/C24H20O3/c1-16-8-6-7-11-19(16)15-26-20-12-13-21-22(14-20)27-17(2)23(24(21)25)18-9-4-3-5-10-18/h3-14H,15H2,1-2H3. The molecular formula is C24H20O3. The molecule has 27 heavy (non-hydrogen) atoms. The number of aryl methyl sites for hydroxylation is 2. The Bertz CT molecular complexity index is 1160. The zero-order valence-electron chi connectivity index (χ0n) is 15.4. The average molecular weight is 356 g/mol. The maximum Gasteiger partial charge on any atom is 0.200 e. The fraction of sp³-hybridized carbons (Fsp3) is 0.125. The van der Waals surface area contributed by atoms with Gasteiger partial charge in [-0.2, -0.15) is 0 Å². The Hall–Kier alpha value is -3.33. The Balaban J connectivity index is 1.70. The molecule has 3 nitrogen and oxygen atoms in total. The number of rotatable bonds is 4.